The van der Waals surface area contributed by atoms with E-state index in [-0.39, 0.29) is 18.1 Å². The van der Waals surface area contributed by atoms with Gasteiger partial charge in [0, 0.05) is 25.2 Å². The van der Waals surface area contributed by atoms with Crippen molar-refractivity contribution in [3.05, 3.63) is 48.7 Å². The summed E-state index contributed by atoms with van der Waals surface area (Å²) in [4.78, 5) is 18.7. The molecule has 1 aromatic carbocycles. The van der Waals surface area contributed by atoms with Gasteiger partial charge in [-0.05, 0) is 64.3 Å². The Labute approximate surface area is 179 Å². The van der Waals surface area contributed by atoms with Gasteiger partial charge < -0.3 is 19.1 Å². The van der Waals surface area contributed by atoms with E-state index < -0.39 is 5.60 Å². The van der Waals surface area contributed by atoms with Crippen LogP contribution < -0.4 is 9.47 Å². The molecule has 1 aliphatic heterocycles. The minimum atomic E-state index is -0.496. The number of carbonyl (C=O) groups excluding carboxylic acids is 1. The fraction of sp³-hybridized carbons (Fsp3) is 0.500. The normalized spacial score (nSPS) is 17.9. The summed E-state index contributed by atoms with van der Waals surface area (Å²) in [6.07, 6.45) is 4.16. The third kappa shape index (κ3) is 6.12. The van der Waals surface area contributed by atoms with Crippen LogP contribution in [-0.2, 0) is 4.74 Å². The quantitative estimate of drug-likeness (QED) is 0.611. The van der Waals surface area contributed by atoms with Crippen LogP contribution in [-0.4, -0.2) is 40.8 Å². The number of hydrogen-bond acceptors (Lipinski definition) is 5. The maximum absolute atomic E-state index is 12.5. The van der Waals surface area contributed by atoms with Crippen LogP contribution in [0, 0.1) is 5.92 Å². The zero-order valence-corrected chi connectivity index (χ0v) is 18.3. The summed E-state index contributed by atoms with van der Waals surface area (Å²) < 4.78 is 17.9. The van der Waals surface area contributed by atoms with Gasteiger partial charge >= 0.3 is 6.09 Å². The van der Waals surface area contributed by atoms with Crippen molar-refractivity contribution in [3.63, 3.8) is 0 Å². The first-order valence-corrected chi connectivity index (χ1v) is 10.7. The first-order chi connectivity index (χ1) is 14.4. The van der Waals surface area contributed by atoms with E-state index in [1.54, 1.807) is 11.1 Å². The lowest BCUT2D eigenvalue weighted by Gasteiger charge is -2.37. The molecule has 6 heteroatoms. The largest absolute Gasteiger partial charge is 0.484 e. The number of para-hydroxylation sites is 1. The number of likely N-dealkylation sites (tertiary alicyclic amines) is 1. The first-order valence-electron chi connectivity index (χ1n) is 10.7. The topological polar surface area (TPSA) is 60.9 Å². The van der Waals surface area contributed by atoms with Gasteiger partial charge in [-0.3, -0.25) is 0 Å². The fourth-order valence-electron chi connectivity index (χ4n) is 3.62. The average Bonchev–Trinajstić information content (AvgIpc) is 2.73. The molecule has 2 atom stereocenters. The highest BCUT2D eigenvalue weighted by molar-refractivity contribution is 5.68. The number of hydrogen-bond donors (Lipinski definition) is 0. The smallest absolute Gasteiger partial charge is 0.410 e. The van der Waals surface area contributed by atoms with E-state index in [4.69, 9.17) is 14.2 Å². The average molecular weight is 413 g/mol. The molecule has 1 fully saturated rings. The van der Waals surface area contributed by atoms with E-state index in [0.29, 0.717) is 23.9 Å². The molecule has 162 valence electrons. The number of piperidine rings is 1. The predicted molar refractivity (Wildman–Crippen MR) is 116 cm³/mol. The van der Waals surface area contributed by atoms with Crippen LogP contribution in [0.4, 0.5) is 4.79 Å². The Morgan fingerprint density at radius 3 is 2.67 bits per heavy atom. The number of ether oxygens (including phenoxy) is 3. The molecule has 0 N–H and O–H groups in total. The van der Waals surface area contributed by atoms with Gasteiger partial charge in [0.25, 0.3) is 5.88 Å². The Balaban J connectivity index is 1.69. The molecule has 30 heavy (non-hydrogen) atoms. The van der Waals surface area contributed by atoms with E-state index in [1.165, 1.54) is 0 Å². The van der Waals surface area contributed by atoms with Crippen LogP contribution in [0.3, 0.4) is 0 Å². The Morgan fingerprint density at radius 1 is 1.20 bits per heavy atom. The van der Waals surface area contributed by atoms with Crippen molar-refractivity contribution in [3.8, 4) is 17.4 Å². The monoisotopic (exact) mass is 412 g/mol. The van der Waals surface area contributed by atoms with Gasteiger partial charge in [-0.15, -0.1) is 0 Å². The Hall–Kier alpha value is -2.76. The van der Waals surface area contributed by atoms with Crippen molar-refractivity contribution in [2.45, 2.75) is 58.7 Å². The Bertz CT molecular complexity index is 819. The summed E-state index contributed by atoms with van der Waals surface area (Å²) in [6, 6.07) is 13.3. The molecular formula is C24H32N2O4. The fourth-order valence-corrected chi connectivity index (χ4v) is 3.62. The van der Waals surface area contributed by atoms with Crippen molar-refractivity contribution < 1.29 is 19.0 Å². The molecule has 3 rings (SSSR count). The van der Waals surface area contributed by atoms with Gasteiger partial charge in [-0.25, -0.2) is 9.78 Å². The van der Waals surface area contributed by atoms with Gasteiger partial charge in [0.05, 0.1) is 0 Å². The Kier molecular flexibility index (Phi) is 7.19. The number of pyridine rings is 1. The molecule has 1 amide bonds. The molecule has 1 aliphatic rings. The van der Waals surface area contributed by atoms with Crippen molar-refractivity contribution in [1.29, 1.82) is 0 Å². The Morgan fingerprint density at radius 2 is 1.97 bits per heavy atom. The standard InChI is InChI=1S/C24H32N2O4/c1-5-20(18-11-10-16-26(17-18)23(27)30-24(2,3)4)29-21-14-9-15-25-22(21)28-19-12-7-6-8-13-19/h6-9,12-15,18,20H,5,10-11,16-17H2,1-4H3. The van der Waals surface area contributed by atoms with E-state index in [1.807, 2.05) is 63.2 Å². The molecule has 2 heterocycles. The second-order valence-electron chi connectivity index (χ2n) is 8.62. The van der Waals surface area contributed by atoms with Crippen molar-refractivity contribution >= 4 is 6.09 Å². The summed E-state index contributed by atoms with van der Waals surface area (Å²) in [5.74, 6) is 1.99. The number of rotatable bonds is 6. The molecular weight excluding hydrogens is 380 g/mol. The lowest BCUT2D eigenvalue weighted by molar-refractivity contribution is 0.00551. The SMILES string of the molecule is CCC(Oc1cccnc1Oc1ccccc1)C1CCCN(C(=O)OC(C)(C)C)C1. The van der Waals surface area contributed by atoms with Crippen molar-refractivity contribution in [2.75, 3.05) is 13.1 Å². The third-order valence-electron chi connectivity index (χ3n) is 5.01. The van der Waals surface area contributed by atoms with Crippen LogP contribution in [0.5, 0.6) is 17.4 Å². The van der Waals surface area contributed by atoms with Crippen LogP contribution in [0.2, 0.25) is 0 Å². The second-order valence-corrected chi connectivity index (χ2v) is 8.62. The van der Waals surface area contributed by atoms with Crippen molar-refractivity contribution in [2.24, 2.45) is 5.92 Å². The molecule has 0 bridgehead atoms. The molecule has 0 saturated carbocycles. The third-order valence-corrected chi connectivity index (χ3v) is 5.01. The van der Waals surface area contributed by atoms with Gasteiger partial charge in [0.15, 0.2) is 5.75 Å². The van der Waals surface area contributed by atoms with Crippen molar-refractivity contribution in [1.82, 2.24) is 9.88 Å². The molecule has 1 saturated heterocycles. The predicted octanol–water partition coefficient (Wildman–Crippen LogP) is 5.68. The lowest BCUT2D eigenvalue weighted by Crippen LogP contribution is -2.46. The van der Waals surface area contributed by atoms with Gasteiger partial charge in [-0.2, -0.15) is 0 Å². The summed E-state index contributed by atoms with van der Waals surface area (Å²) in [5, 5.41) is 0. The molecule has 2 unspecified atom stereocenters. The van der Waals surface area contributed by atoms with Crippen LogP contribution >= 0.6 is 0 Å². The van der Waals surface area contributed by atoms with Crippen LogP contribution in [0.1, 0.15) is 47.0 Å². The van der Waals surface area contributed by atoms with E-state index in [0.717, 1.165) is 25.8 Å². The summed E-state index contributed by atoms with van der Waals surface area (Å²) >= 11 is 0. The zero-order valence-electron chi connectivity index (χ0n) is 18.3. The van der Waals surface area contributed by atoms with E-state index >= 15 is 0 Å². The molecule has 2 aromatic rings. The molecule has 6 nitrogen and oxygen atoms in total. The highest BCUT2D eigenvalue weighted by Gasteiger charge is 2.32. The van der Waals surface area contributed by atoms with E-state index in [9.17, 15) is 4.79 Å². The molecule has 0 aliphatic carbocycles. The number of benzene rings is 1. The van der Waals surface area contributed by atoms with Gasteiger partial charge in [0.2, 0.25) is 0 Å². The maximum atomic E-state index is 12.5. The minimum absolute atomic E-state index is 0.0439. The second kappa shape index (κ2) is 9.83. The van der Waals surface area contributed by atoms with E-state index in [2.05, 4.69) is 11.9 Å². The first kappa shape index (κ1) is 21.9. The van der Waals surface area contributed by atoms with Crippen LogP contribution in [0.25, 0.3) is 0 Å². The lowest BCUT2D eigenvalue weighted by atomic mass is 9.91. The minimum Gasteiger partial charge on any atom is -0.484 e. The molecule has 0 radical (unpaired) electrons. The summed E-state index contributed by atoms with van der Waals surface area (Å²) in [6.45, 7) is 9.12. The number of aromatic nitrogens is 1. The summed E-state index contributed by atoms with van der Waals surface area (Å²) in [5.41, 5.74) is -0.496. The highest BCUT2D eigenvalue weighted by Crippen LogP contribution is 2.33. The number of carbonyl (C=O) groups is 1. The van der Waals surface area contributed by atoms with Gasteiger partial charge in [0.1, 0.15) is 17.5 Å². The number of nitrogens with zero attached hydrogens (tertiary/aromatic N) is 2. The summed E-state index contributed by atoms with van der Waals surface area (Å²) in [7, 11) is 0. The zero-order chi connectivity index (χ0) is 21.6. The maximum Gasteiger partial charge on any atom is 0.410 e. The van der Waals surface area contributed by atoms with Gasteiger partial charge in [-0.1, -0.05) is 25.1 Å². The van der Waals surface area contributed by atoms with Crippen LogP contribution in [0.15, 0.2) is 48.7 Å². The number of amides is 1. The molecule has 1 aromatic heterocycles. The highest BCUT2D eigenvalue weighted by atomic mass is 16.6. The molecule has 0 spiro atoms.